The summed E-state index contributed by atoms with van der Waals surface area (Å²) < 4.78 is 4.88. The molecule has 3 amide bonds. The van der Waals surface area contributed by atoms with Crippen molar-refractivity contribution >= 4 is 18.2 Å². The molecule has 0 aliphatic rings. The molecule has 0 radical (unpaired) electrons. The van der Waals surface area contributed by atoms with Crippen molar-refractivity contribution < 1.29 is 19.1 Å². The first-order chi connectivity index (χ1) is 7.80. The molecule has 0 saturated heterocycles. The first-order valence-corrected chi connectivity index (χ1v) is 4.95. The number of hydrogen-bond acceptors (Lipinski definition) is 5. The van der Waals surface area contributed by atoms with Gasteiger partial charge in [-0.1, -0.05) is 5.10 Å². The van der Waals surface area contributed by atoms with Gasteiger partial charge in [0, 0.05) is 6.54 Å². The fourth-order valence-electron chi connectivity index (χ4n) is 0.776. The molecule has 0 aromatic carbocycles. The lowest BCUT2D eigenvalue weighted by molar-refractivity contribution is 0.0382. The van der Waals surface area contributed by atoms with Crippen LogP contribution >= 0.6 is 0 Å². The molecule has 0 aliphatic carbocycles. The Hall–Kier alpha value is -2.08. The van der Waals surface area contributed by atoms with Crippen LogP contribution in [0.4, 0.5) is 9.59 Å². The smallest absolute Gasteiger partial charge is 0.428 e. The minimum absolute atomic E-state index is 0.319. The van der Waals surface area contributed by atoms with Crippen LogP contribution in [0.25, 0.3) is 0 Å². The minimum Gasteiger partial charge on any atom is -0.443 e. The second kappa shape index (κ2) is 6.49. The van der Waals surface area contributed by atoms with Crippen molar-refractivity contribution in [1.29, 1.82) is 0 Å². The number of urea groups is 1. The molecule has 0 rings (SSSR count). The third kappa shape index (κ3) is 6.91. The van der Waals surface area contributed by atoms with Crippen LogP contribution < -0.4 is 10.7 Å². The highest BCUT2D eigenvalue weighted by Gasteiger charge is 2.20. The average molecular weight is 244 g/mol. The van der Waals surface area contributed by atoms with Gasteiger partial charge in [-0.3, -0.25) is 0 Å². The summed E-state index contributed by atoms with van der Waals surface area (Å²) in [4.78, 5) is 32.7. The Balaban J connectivity index is 4.50. The monoisotopic (exact) mass is 244 g/mol. The van der Waals surface area contributed by atoms with Crippen LogP contribution in [0.2, 0.25) is 0 Å². The summed E-state index contributed by atoms with van der Waals surface area (Å²) in [7, 11) is 0. The number of amides is 3. The van der Waals surface area contributed by atoms with Crippen molar-refractivity contribution in [3.63, 3.8) is 0 Å². The number of hydrazone groups is 1. The second-order valence-electron chi connectivity index (χ2n) is 3.95. The van der Waals surface area contributed by atoms with Gasteiger partial charge in [-0.25, -0.2) is 19.8 Å². The maximum absolute atomic E-state index is 11.3. The number of hydrazine groups is 1. The third-order valence-electron chi connectivity index (χ3n) is 1.26. The fourth-order valence-corrected chi connectivity index (χ4v) is 0.776. The van der Waals surface area contributed by atoms with Crippen LogP contribution in [0.1, 0.15) is 27.7 Å². The average Bonchev–Trinajstić information content (AvgIpc) is 2.14. The Kier molecular flexibility index (Phi) is 5.70. The molecule has 0 unspecified atom stereocenters. The molecule has 96 valence electrons. The van der Waals surface area contributed by atoms with Crippen molar-refractivity contribution in [1.82, 2.24) is 15.9 Å². The van der Waals surface area contributed by atoms with Gasteiger partial charge in [0.15, 0.2) is 0 Å². The zero-order valence-corrected chi connectivity index (χ0v) is 10.2. The quantitative estimate of drug-likeness (QED) is 0.424. The van der Waals surface area contributed by atoms with Crippen LogP contribution in [0.3, 0.4) is 0 Å². The zero-order chi connectivity index (χ0) is 13.5. The van der Waals surface area contributed by atoms with Gasteiger partial charge in [0.25, 0.3) is 6.08 Å². The van der Waals surface area contributed by atoms with Crippen LogP contribution in [-0.2, 0) is 9.53 Å². The number of hydrogen-bond donors (Lipinski definition) is 2. The summed E-state index contributed by atoms with van der Waals surface area (Å²) in [6.07, 6.45) is 0.245. The Morgan fingerprint density at radius 2 is 2.00 bits per heavy atom. The third-order valence-corrected chi connectivity index (χ3v) is 1.26. The maximum Gasteiger partial charge on any atom is 0.428 e. The Morgan fingerprint density at radius 3 is 2.41 bits per heavy atom. The summed E-state index contributed by atoms with van der Waals surface area (Å²) >= 11 is 0. The zero-order valence-electron chi connectivity index (χ0n) is 10.2. The molecule has 0 aromatic heterocycles. The molecule has 2 N–H and O–H groups in total. The van der Waals surface area contributed by atoms with E-state index in [1.54, 1.807) is 27.7 Å². The molecule has 0 aliphatic heterocycles. The van der Waals surface area contributed by atoms with E-state index < -0.39 is 17.7 Å². The summed E-state index contributed by atoms with van der Waals surface area (Å²) in [5, 5.41) is 5.78. The van der Waals surface area contributed by atoms with E-state index in [4.69, 9.17) is 4.74 Å². The Labute approximate surface area is 99.0 Å². The number of isocyanates is 1. The lowest BCUT2D eigenvalue weighted by atomic mass is 10.2. The van der Waals surface area contributed by atoms with Gasteiger partial charge in [-0.15, -0.1) is 5.12 Å². The predicted molar refractivity (Wildman–Crippen MR) is 58.4 cm³/mol. The molecule has 8 nitrogen and oxygen atoms in total. The highest BCUT2D eigenvalue weighted by atomic mass is 16.6. The first-order valence-electron chi connectivity index (χ1n) is 4.95. The normalized spacial score (nSPS) is 9.88. The molecule has 0 fully saturated rings. The lowest BCUT2D eigenvalue weighted by Crippen LogP contribution is -2.48. The van der Waals surface area contributed by atoms with E-state index in [-0.39, 0.29) is 0 Å². The molecular weight excluding hydrogens is 228 g/mol. The van der Waals surface area contributed by atoms with Gasteiger partial charge < -0.3 is 10.1 Å². The molecule has 0 atom stereocenters. The SMILES string of the molecule is CCNC(=O)N(N=C=O)NC(=O)OC(C)(C)C. The van der Waals surface area contributed by atoms with Gasteiger partial charge in [0.2, 0.25) is 0 Å². The molecule has 0 spiro atoms. The maximum atomic E-state index is 11.3. The number of nitrogens with zero attached hydrogens (tertiary/aromatic N) is 2. The Morgan fingerprint density at radius 1 is 1.41 bits per heavy atom. The number of rotatable bonds is 2. The lowest BCUT2D eigenvalue weighted by Gasteiger charge is -2.22. The molecule has 8 heteroatoms. The molecule has 17 heavy (non-hydrogen) atoms. The van der Waals surface area contributed by atoms with E-state index in [9.17, 15) is 14.4 Å². The number of nitrogens with one attached hydrogen (secondary N) is 2. The van der Waals surface area contributed by atoms with E-state index in [1.165, 1.54) is 0 Å². The van der Waals surface area contributed by atoms with E-state index in [0.717, 1.165) is 6.08 Å². The number of ether oxygens (including phenoxy) is 1. The van der Waals surface area contributed by atoms with Gasteiger partial charge in [-0.05, 0) is 27.7 Å². The highest BCUT2D eigenvalue weighted by Crippen LogP contribution is 2.06. The topological polar surface area (TPSA) is 100 Å². The summed E-state index contributed by atoms with van der Waals surface area (Å²) in [5.41, 5.74) is 1.27. The van der Waals surface area contributed by atoms with Crippen molar-refractivity contribution in [3.8, 4) is 0 Å². The van der Waals surface area contributed by atoms with Crippen molar-refractivity contribution in [3.05, 3.63) is 0 Å². The van der Waals surface area contributed by atoms with E-state index >= 15 is 0 Å². The number of carbonyl (C=O) groups excluding carboxylic acids is 3. The van der Waals surface area contributed by atoms with Gasteiger partial charge in [0.1, 0.15) is 5.60 Å². The van der Waals surface area contributed by atoms with Crippen LogP contribution in [0.5, 0.6) is 0 Å². The van der Waals surface area contributed by atoms with E-state index in [1.807, 2.05) is 5.43 Å². The highest BCUT2D eigenvalue weighted by molar-refractivity contribution is 5.78. The molecule has 0 aromatic rings. The molecule has 0 bridgehead atoms. The van der Waals surface area contributed by atoms with Crippen LogP contribution in [0, 0.1) is 0 Å². The van der Waals surface area contributed by atoms with Crippen molar-refractivity contribution in [2.45, 2.75) is 33.3 Å². The minimum atomic E-state index is -0.900. The van der Waals surface area contributed by atoms with E-state index in [2.05, 4.69) is 10.4 Å². The second-order valence-corrected chi connectivity index (χ2v) is 3.95. The van der Waals surface area contributed by atoms with Crippen LogP contribution in [-0.4, -0.2) is 35.5 Å². The van der Waals surface area contributed by atoms with Gasteiger partial charge in [-0.2, -0.15) is 0 Å². The largest absolute Gasteiger partial charge is 0.443 e. The van der Waals surface area contributed by atoms with E-state index in [0.29, 0.717) is 11.7 Å². The van der Waals surface area contributed by atoms with Crippen molar-refractivity contribution in [2.75, 3.05) is 6.54 Å². The van der Waals surface area contributed by atoms with Gasteiger partial charge in [0.05, 0.1) is 0 Å². The predicted octanol–water partition coefficient (Wildman–Crippen LogP) is 0.708. The summed E-state index contributed by atoms with van der Waals surface area (Å²) in [6, 6.07) is -0.762. The Bertz CT molecular complexity index is 330. The van der Waals surface area contributed by atoms with Crippen molar-refractivity contribution in [2.24, 2.45) is 5.10 Å². The van der Waals surface area contributed by atoms with Crippen LogP contribution in [0.15, 0.2) is 5.10 Å². The summed E-state index contributed by atoms with van der Waals surface area (Å²) in [6.45, 7) is 6.97. The molecular formula is C9H16N4O4. The van der Waals surface area contributed by atoms with Gasteiger partial charge >= 0.3 is 12.1 Å². The number of carbonyl (C=O) groups is 2. The molecule has 0 heterocycles. The fraction of sp³-hybridized carbons (Fsp3) is 0.667. The summed E-state index contributed by atoms with van der Waals surface area (Å²) in [5.74, 6) is 0. The standard InChI is InChI=1S/C9H16N4O4/c1-5-10-7(15)13(11-6-14)12-8(16)17-9(2,3)4/h5H2,1-4H3,(H,10,15)(H,12,16). The molecule has 0 saturated carbocycles. The first kappa shape index (κ1) is 14.9.